The van der Waals surface area contributed by atoms with Crippen molar-refractivity contribution in [3.63, 3.8) is 0 Å². The van der Waals surface area contributed by atoms with Crippen LogP contribution in [0.4, 0.5) is 13.2 Å². The van der Waals surface area contributed by atoms with Crippen LogP contribution >= 0.6 is 0 Å². The number of carbonyl (C=O) groups excluding carboxylic acids is 1. The highest BCUT2D eigenvalue weighted by Gasteiger charge is 2.58. The van der Waals surface area contributed by atoms with E-state index >= 15 is 0 Å². The molecule has 0 radical (unpaired) electrons. The minimum Gasteiger partial charge on any atom is -0.480 e. The largest absolute Gasteiger partial charge is 0.480 e. The molecule has 0 bridgehead atoms. The number of hydrogen-bond acceptors (Lipinski definition) is 6. The number of nitrogens with one attached hydrogen (secondary N) is 2. The molecule has 1 aromatic carbocycles. The summed E-state index contributed by atoms with van der Waals surface area (Å²) in [7, 11) is 0. The number of benzene rings is 1. The minimum absolute atomic E-state index is 0.0906. The van der Waals surface area contributed by atoms with Gasteiger partial charge in [0.05, 0.1) is 11.6 Å². The van der Waals surface area contributed by atoms with Crippen molar-refractivity contribution in [2.45, 2.75) is 37.3 Å². The molecule has 0 saturated carbocycles. The third-order valence-corrected chi connectivity index (χ3v) is 5.11. The highest BCUT2D eigenvalue weighted by molar-refractivity contribution is 6.22. The van der Waals surface area contributed by atoms with Crippen molar-refractivity contribution in [3.05, 3.63) is 47.4 Å². The number of rotatable bonds is 2. The Bertz CT molecular complexity index is 915. The maximum atomic E-state index is 13.7. The van der Waals surface area contributed by atoms with Gasteiger partial charge in [0.25, 0.3) is 5.91 Å². The fourth-order valence-electron chi connectivity index (χ4n) is 3.76. The van der Waals surface area contributed by atoms with E-state index in [-0.39, 0.29) is 23.8 Å². The molecular weight excluding hydrogens is 393 g/mol. The number of aliphatic imine (C=N–C) groups is 1. The summed E-state index contributed by atoms with van der Waals surface area (Å²) in [4.78, 5) is 28.5. The van der Waals surface area contributed by atoms with E-state index in [1.165, 1.54) is 6.92 Å². The number of ether oxygens (including phenoxy) is 1. The summed E-state index contributed by atoms with van der Waals surface area (Å²) in [5, 5.41) is 12.5. The number of alkyl halides is 3. The first-order chi connectivity index (χ1) is 13.7. The fourth-order valence-corrected chi connectivity index (χ4v) is 3.76. The van der Waals surface area contributed by atoms with Crippen LogP contribution in [0.15, 0.2) is 46.8 Å². The third kappa shape index (κ3) is 3.20. The molecule has 1 aromatic rings. The normalized spacial score (nSPS) is 31.8. The Kier molecular flexibility index (Phi) is 4.49. The maximum Gasteiger partial charge on any atom is 0.406 e. The van der Waals surface area contributed by atoms with Gasteiger partial charge in [0.2, 0.25) is 5.88 Å². The van der Waals surface area contributed by atoms with Crippen LogP contribution in [-0.4, -0.2) is 58.7 Å². The lowest BCUT2D eigenvalue weighted by Crippen LogP contribution is -2.50. The SMILES string of the molecule is CC1=NC2C(c3ccccc3)C(C(F)(F)F)NN2C(=O)/C1=C1/N[C@H](C(=O)O)CO1. The van der Waals surface area contributed by atoms with Gasteiger partial charge in [-0.25, -0.2) is 15.2 Å². The van der Waals surface area contributed by atoms with Crippen LogP contribution < -0.4 is 10.7 Å². The molecule has 2 fully saturated rings. The van der Waals surface area contributed by atoms with Gasteiger partial charge in [-0.15, -0.1) is 0 Å². The fraction of sp³-hybridized carbons (Fsp3) is 0.389. The number of halogens is 3. The molecule has 3 unspecified atom stereocenters. The van der Waals surface area contributed by atoms with Gasteiger partial charge in [-0.3, -0.25) is 9.79 Å². The van der Waals surface area contributed by atoms with E-state index in [1.54, 1.807) is 30.3 Å². The van der Waals surface area contributed by atoms with Crippen molar-refractivity contribution in [2.75, 3.05) is 6.61 Å². The van der Waals surface area contributed by atoms with Crippen molar-refractivity contribution in [1.82, 2.24) is 15.8 Å². The minimum atomic E-state index is -4.62. The number of amides is 1. The first-order valence-electron chi connectivity index (χ1n) is 8.81. The molecule has 3 aliphatic rings. The lowest BCUT2D eigenvalue weighted by Gasteiger charge is -2.30. The van der Waals surface area contributed by atoms with Crippen LogP contribution in [0.25, 0.3) is 0 Å². The quantitative estimate of drug-likeness (QED) is 0.632. The van der Waals surface area contributed by atoms with Crippen LogP contribution in [0.5, 0.6) is 0 Å². The zero-order valence-electron chi connectivity index (χ0n) is 15.1. The number of fused-ring (bicyclic) bond motifs is 1. The molecule has 2 saturated heterocycles. The molecule has 3 heterocycles. The summed E-state index contributed by atoms with van der Waals surface area (Å²) in [6.07, 6.45) is -5.72. The monoisotopic (exact) mass is 410 g/mol. The summed E-state index contributed by atoms with van der Waals surface area (Å²) in [6, 6.07) is 5.02. The van der Waals surface area contributed by atoms with Crippen LogP contribution in [0.1, 0.15) is 18.4 Å². The Hall–Kier alpha value is -3.08. The zero-order chi connectivity index (χ0) is 20.9. The topological polar surface area (TPSA) is 103 Å². The summed E-state index contributed by atoms with van der Waals surface area (Å²) in [5.41, 5.74) is 2.74. The van der Waals surface area contributed by atoms with Crippen molar-refractivity contribution in [3.8, 4) is 0 Å². The molecule has 0 aliphatic carbocycles. The van der Waals surface area contributed by atoms with Crippen molar-refractivity contribution < 1.29 is 32.6 Å². The number of hydrogen-bond donors (Lipinski definition) is 3. The molecule has 1 amide bonds. The first-order valence-corrected chi connectivity index (χ1v) is 8.81. The van der Waals surface area contributed by atoms with E-state index in [9.17, 15) is 22.8 Å². The Morgan fingerprint density at radius 3 is 2.59 bits per heavy atom. The number of carboxylic acids is 1. The first kappa shape index (κ1) is 19.2. The molecule has 4 atom stereocenters. The summed E-state index contributed by atoms with van der Waals surface area (Å²) < 4.78 is 46.5. The van der Waals surface area contributed by atoms with Gasteiger partial charge in [-0.05, 0) is 12.5 Å². The van der Waals surface area contributed by atoms with Gasteiger partial charge < -0.3 is 15.2 Å². The molecule has 3 N–H and O–H groups in total. The predicted molar refractivity (Wildman–Crippen MR) is 93.4 cm³/mol. The van der Waals surface area contributed by atoms with Crippen LogP contribution in [0.2, 0.25) is 0 Å². The Morgan fingerprint density at radius 1 is 1.31 bits per heavy atom. The van der Waals surface area contributed by atoms with Gasteiger partial charge in [-0.2, -0.15) is 13.2 Å². The zero-order valence-corrected chi connectivity index (χ0v) is 15.1. The van der Waals surface area contributed by atoms with Crippen LogP contribution in [0, 0.1) is 0 Å². The predicted octanol–water partition coefficient (Wildman–Crippen LogP) is 1.13. The average Bonchev–Trinajstić information content (AvgIpc) is 3.27. The van der Waals surface area contributed by atoms with Crippen molar-refractivity contribution in [1.29, 1.82) is 0 Å². The third-order valence-electron chi connectivity index (χ3n) is 5.11. The standard InChI is InChI=1S/C18H17F3N4O4/c1-8-11(15-23-10(7-29-15)17(27)28)16(26)25-14(22-8)12(9-5-3-2-4-6-9)13(24-25)18(19,20)21/h2-6,10,12-14,23-24H,7H2,1H3,(H,27,28)/b15-11-/t10-,12?,13?,14?/m0/s1. The number of aliphatic carboxylic acids is 1. The Labute approximate surface area is 163 Å². The summed E-state index contributed by atoms with van der Waals surface area (Å²) in [6.45, 7) is 1.28. The molecular formula is C18H17F3N4O4. The van der Waals surface area contributed by atoms with E-state index in [0.29, 0.717) is 5.56 Å². The van der Waals surface area contributed by atoms with E-state index in [1.807, 2.05) is 0 Å². The summed E-state index contributed by atoms with van der Waals surface area (Å²) in [5.74, 6) is -3.16. The second kappa shape index (κ2) is 6.76. The molecule has 29 heavy (non-hydrogen) atoms. The molecule has 4 rings (SSSR count). The smallest absolute Gasteiger partial charge is 0.406 e. The van der Waals surface area contributed by atoms with Gasteiger partial charge in [0, 0.05) is 0 Å². The van der Waals surface area contributed by atoms with Gasteiger partial charge in [0.1, 0.15) is 24.4 Å². The molecule has 154 valence electrons. The van der Waals surface area contributed by atoms with Crippen molar-refractivity contribution in [2.24, 2.45) is 4.99 Å². The number of nitrogens with zero attached hydrogens (tertiary/aromatic N) is 2. The molecule has 3 aliphatic heterocycles. The molecule has 11 heteroatoms. The number of hydrazine groups is 1. The Balaban J connectivity index is 1.75. The van der Waals surface area contributed by atoms with Gasteiger partial charge in [-0.1, -0.05) is 30.3 Å². The maximum absolute atomic E-state index is 13.7. The average molecular weight is 410 g/mol. The van der Waals surface area contributed by atoms with E-state index in [2.05, 4.69) is 15.7 Å². The number of carbonyl (C=O) groups is 2. The summed E-state index contributed by atoms with van der Waals surface area (Å²) >= 11 is 0. The van der Waals surface area contributed by atoms with E-state index < -0.39 is 42.2 Å². The molecule has 0 spiro atoms. The van der Waals surface area contributed by atoms with Crippen LogP contribution in [0.3, 0.4) is 0 Å². The van der Waals surface area contributed by atoms with Gasteiger partial charge in [0.15, 0.2) is 6.04 Å². The molecule has 0 aromatic heterocycles. The molecule has 8 nitrogen and oxygen atoms in total. The lowest BCUT2D eigenvalue weighted by molar-refractivity contribution is -0.161. The second-order valence-electron chi connectivity index (χ2n) is 6.94. The highest BCUT2D eigenvalue weighted by Crippen LogP contribution is 2.42. The Morgan fingerprint density at radius 2 is 2.00 bits per heavy atom. The van der Waals surface area contributed by atoms with Crippen LogP contribution in [-0.2, 0) is 14.3 Å². The van der Waals surface area contributed by atoms with E-state index in [0.717, 1.165) is 5.01 Å². The lowest BCUT2D eigenvalue weighted by atomic mass is 9.89. The van der Waals surface area contributed by atoms with Crippen molar-refractivity contribution >= 4 is 17.6 Å². The second-order valence-corrected chi connectivity index (χ2v) is 6.94. The number of carboxylic acid groups (broad SMARTS) is 1. The van der Waals surface area contributed by atoms with E-state index in [4.69, 9.17) is 9.84 Å². The van der Waals surface area contributed by atoms with Gasteiger partial charge >= 0.3 is 12.1 Å². The highest BCUT2D eigenvalue weighted by atomic mass is 19.4.